The van der Waals surface area contributed by atoms with Gasteiger partial charge in [-0.05, 0) is 96.3 Å². The monoisotopic (exact) mass is 719 g/mol. The Kier molecular flexibility index (Phi) is 27.6. The Morgan fingerprint density at radius 3 is 0.830 bits per heavy atom. The Hall–Kier alpha value is -4.18. The van der Waals surface area contributed by atoms with Crippen molar-refractivity contribution in [1.82, 2.24) is 9.80 Å². The van der Waals surface area contributed by atoms with Gasteiger partial charge in [0.25, 0.3) is 0 Å². The molecule has 2 heterocycles. The van der Waals surface area contributed by atoms with E-state index in [1.807, 2.05) is 9.80 Å². The third-order valence-electron chi connectivity index (χ3n) is 9.12. The van der Waals surface area contributed by atoms with Crippen LogP contribution in [0.4, 0.5) is 0 Å². The zero-order chi connectivity index (χ0) is 37.9. The number of nitrogens with zero attached hydrogens (tertiary/aromatic N) is 2. The van der Waals surface area contributed by atoms with E-state index in [1.54, 1.807) is 0 Å². The first-order valence-electron chi connectivity index (χ1n) is 20.6. The molecule has 0 aromatic heterocycles. The SMILES string of the molecule is CCC=CCC=CCC=CCC=CCC=CCC=CCCC(=O)N1C[C@@H]2C[C@H]1CN2C(=O)CCC=CCC=CCC=CCC=CCC=CCC=CCC. The molecular formula is C49H70N2O2. The third-order valence-corrected chi connectivity index (χ3v) is 9.12. The van der Waals surface area contributed by atoms with Gasteiger partial charge in [0.2, 0.25) is 11.8 Å². The van der Waals surface area contributed by atoms with Crippen LogP contribution in [0.3, 0.4) is 0 Å². The van der Waals surface area contributed by atoms with Crippen LogP contribution in [0.2, 0.25) is 0 Å². The van der Waals surface area contributed by atoms with Gasteiger partial charge >= 0.3 is 0 Å². The van der Waals surface area contributed by atoms with Crippen LogP contribution < -0.4 is 0 Å². The second kappa shape index (κ2) is 32.5. The van der Waals surface area contributed by atoms with Crippen LogP contribution in [-0.4, -0.2) is 46.8 Å². The standard InChI is InChI=1S/C49H70N2O2/c1-3-5-7-9-11-13-15-17-19-21-23-25-27-29-31-33-35-37-39-41-48(52)50-44-47-43-46(50)45-51(47)49(53)42-40-38-36-34-32-30-28-26-24-22-20-18-16-14-12-10-8-6-4-2/h5-8,11-14,17-20,23-26,29-32,35-38,46-47H,3-4,9-10,15-16,21-22,27-28,33-34,39-45H2,1-2H3/t46-,47-/m0/s1. The van der Waals surface area contributed by atoms with Crippen molar-refractivity contribution in [2.45, 2.75) is 135 Å². The summed E-state index contributed by atoms with van der Waals surface area (Å²) in [4.78, 5) is 29.8. The number of fused-ring (bicyclic) bond motifs is 2. The molecule has 0 N–H and O–H groups in total. The highest BCUT2D eigenvalue weighted by molar-refractivity contribution is 5.80. The summed E-state index contributed by atoms with van der Waals surface area (Å²) in [5.41, 5.74) is 0. The number of carbonyl (C=O) groups excluding carboxylic acids is 2. The molecule has 2 amide bonds. The summed E-state index contributed by atoms with van der Waals surface area (Å²) >= 11 is 0. The molecule has 4 nitrogen and oxygen atoms in total. The van der Waals surface area contributed by atoms with Crippen LogP contribution in [0.15, 0.2) is 146 Å². The average Bonchev–Trinajstić information content (AvgIpc) is 3.79. The van der Waals surface area contributed by atoms with Gasteiger partial charge in [-0.25, -0.2) is 0 Å². The Morgan fingerprint density at radius 2 is 0.604 bits per heavy atom. The molecule has 0 unspecified atom stereocenters. The number of rotatable bonds is 28. The molecule has 0 radical (unpaired) electrons. The zero-order valence-corrected chi connectivity index (χ0v) is 33.2. The van der Waals surface area contributed by atoms with E-state index in [1.165, 1.54) is 0 Å². The minimum Gasteiger partial charge on any atom is -0.336 e. The topological polar surface area (TPSA) is 40.6 Å². The molecule has 0 saturated carbocycles. The second-order valence-electron chi connectivity index (χ2n) is 13.5. The van der Waals surface area contributed by atoms with Crippen LogP contribution in [0, 0.1) is 0 Å². The van der Waals surface area contributed by atoms with Gasteiger partial charge in [-0.3, -0.25) is 9.59 Å². The highest BCUT2D eigenvalue weighted by atomic mass is 16.2. The molecule has 2 bridgehead atoms. The van der Waals surface area contributed by atoms with Gasteiger partial charge in [-0.1, -0.05) is 160 Å². The number of hydrogen-bond donors (Lipinski definition) is 0. The molecule has 0 aromatic rings. The van der Waals surface area contributed by atoms with Gasteiger partial charge in [0, 0.05) is 25.9 Å². The van der Waals surface area contributed by atoms with Gasteiger partial charge in [0.15, 0.2) is 0 Å². The fourth-order valence-corrected chi connectivity index (χ4v) is 6.26. The summed E-state index contributed by atoms with van der Waals surface area (Å²) < 4.78 is 0. The molecule has 2 rings (SSSR count). The molecule has 2 fully saturated rings. The van der Waals surface area contributed by atoms with E-state index in [-0.39, 0.29) is 23.9 Å². The van der Waals surface area contributed by atoms with E-state index in [4.69, 9.17) is 0 Å². The van der Waals surface area contributed by atoms with Gasteiger partial charge in [0.1, 0.15) is 0 Å². The summed E-state index contributed by atoms with van der Waals surface area (Å²) in [7, 11) is 0. The van der Waals surface area contributed by atoms with E-state index >= 15 is 0 Å². The molecule has 53 heavy (non-hydrogen) atoms. The van der Waals surface area contributed by atoms with Crippen LogP contribution in [0.25, 0.3) is 0 Å². The first-order chi connectivity index (χ1) is 26.2. The zero-order valence-electron chi connectivity index (χ0n) is 33.2. The molecule has 4 heteroatoms. The van der Waals surface area contributed by atoms with Crippen molar-refractivity contribution >= 4 is 11.8 Å². The smallest absolute Gasteiger partial charge is 0.223 e. The van der Waals surface area contributed by atoms with Crippen LogP contribution in [0.5, 0.6) is 0 Å². The van der Waals surface area contributed by atoms with E-state index in [2.05, 4.69) is 160 Å². The van der Waals surface area contributed by atoms with E-state index in [0.29, 0.717) is 25.9 Å². The van der Waals surface area contributed by atoms with Crippen molar-refractivity contribution in [3.8, 4) is 0 Å². The maximum Gasteiger partial charge on any atom is 0.223 e. The van der Waals surface area contributed by atoms with Gasteiger partial charge in [-0.15, -0.1) is 0 Å². The molecule has 2 saturated heterocycles. The maximum absolute atomic E-state index is 12.9. The lowest BCUT2D eigenvalue weighted by atomic mass is 10.2. The highest BCUT2D eigenvalue weighted by Gasteiger charge is 2.46. The van der Waals surface area contributed by atoms with E-state index < -0.39 is 0 Å². The van der Waals surface area contributed by atoms with Crippen molar-refractivity contribution in [2.24, 2.45) is 0 Å². The van der Waals surface area contributed by atoms with Crippen molar-refractivity contribution in [3.05, 3.63) is 146 Å². The normalized spacial score (nSPS) is 18.5. The first kappa shape index (κ1) is 45.0. The fourth-order valence-electron chi connectivity index (χ4n) is 6.26. The summed E-state index contributed by atoms with van der Waals surface area (Å²) in [6.07, 6.45) is 68.2. The van der Waals surface area contributed by atoms with Gasteiger partial charge in [0.05, 0.1) is 12.1 Å². The summed E-state index contributed by atoms with van der Waals surface area (Å²) in [6.45, 7) is 5.70. The van der Waals surface area contributed by atoms with Gasteiger partial charge < -0.3 is 9.80 Å². The largest absolute Gasteiger partial charge is 0.336 e. The van der Waals surface area contributed by atoms with Gasteiger partial charge in [-0.2, -0.15) is 0 Å². The Balaban J connectivity index is 1.46. The Bertz CT molecular complexity index is 1240. The minimum absolute atomic E-state index is 0.188. The average molecular weight is 719 g/mol. The van der Waals surface area contributed by atoms with Crippen LogP contribution in [0.1, 0.15) is 123 Å². The van der Waals surface area contributed by atoms with Crippen molar-refractivity contribution in [1.29, 1.82) is 0 Å². The number of carbonyl (C=O) groups is 2. The van der Waals surface area contributed by atoms with Crippen LogP contribution in [-0.2, 0) is 9.59 Å². The Morgan fingerprint density at radius 1 is 0.377 bits per heavy atom. The summed E-state index contributed by atoms with van der Waals surface area (Å²) in [6, 6.07) is 0.375. The second-order valence-corrected chi connectivity index (χ2v) is 13.5. The molecule has 0 spiro atoms. The fraction of sp³-hybridized carbons (Fsp3) is 0.469. The van der Waals surface area contributed by atoms with E-state index in [0.717, 1.165) is 96.3 Å². The lowest BCUT2D eigenvalue weighted by Gasteiger charge is -2.34. The third kappa shape index (κ3) is 23.2. The van der Waals surface area contributed by atoms with Crippen molar-refractivity contribution < 1.29 is 9.59 Å². The lowest BCUT2D eigenvalue weighted by molar-refractivity contribution is -0.139. The first-order valence-corrected chi connectivity index (χ1v) is 20.6. The molecular weight excluding hydrogens is 649 g/mol. The number of allylic oxidation sites excluding steroid dienone is 24. The lowest BCUT2D eigenvalue weighted by Crippen LogP contribution is -2.50. The van der Waals surface area contributed by atoms with E-state index in [9.17, 15) is 9.59 Å². The molecule has 2 atom stereocenters. The molecule has 2 aliphatic rings. The maximum atomic E-state index is 12.9. The number of piperazine rings is 1. The van der Waals surface area contributed by atoms with Crippen molar-refractivity contribution in [2.75, 3.05) is 13.1 Å². The molecule has 288 valence electrons. The molecule has 0 aromatic carbocycles. The Labute approximate surface area is 324 Å². The molecule has 2 aliphatic heterocycles. The van der Waals surface area contributed by atoms with Crippen molar-refractivity contribution in [3.63, 3.8) is 0 Å². The summed E-state index contributed by atoms with van der Waals surface area (Å²) in [5.74, 6) is 0.448. The summed E-state index contributed by atoms with van der Waals surface area (Å²) in [5, 5.41) is 0. The minimum atomic E-state index is 0.188. The predicted molar refractivity (Wildman–Crippen MR) is 231 cm³/mol. The number of hydrogen-bond acceptors (Lipinski definition) is 2. The highest BCUT2D eigenvalue weighted by Crippen LogP contribution is 2.32. The van der Waals surface area contributed by atoms with Crippen LogP contribution >= 0.6 is 0 Å². The predicted octanol–water partition coefficient (Wildman–Crippen LogP) is 12.8. The number of likely N-dealkylation sites (tertiary alicyclic amines) is 2. The molecule has 0 aliphatic carbocycles. The number of amides is 2. The quantitative estimate of drug-likeness (QED) is 0.0756.